The van der Waals surface area contributed by atoms with E-state index in [9.17, 15) is 4.79 Å². The third kappa shape index (κ3) is 5.99. The predicted molar refractivity (Wildman–Crippen MR) is 125 cm³/mol. The molecule has 0 saturated carbocycles. The molecule has 0 radical (unpaired) electrons. The number of carbonyl (C=O) groups is 1. The Hall–Kier alpha value is -3.03. The lowest BCUT2D eigenvalue weighted by molar-refractivity contribution is 0.0952. The molecule has 0 bridgehead atoms. The zero-order valence-corrected chi connectivity index (χ0v) is 19.2. The Balaban J connectivity index is 1.72. The second kappa shape index (κ2) is 10.8. The average molecular weight is 504 g/mol. The second-order valence-corrected chi connectivity index (χ2v) is 7.67. The summed E-state index contributed by atoms with van der Waals surface area (Å²) in [7, 11) is 3.03. The van der Waals surface area contributed by atoms with Crippen molar-refractivity contribution in [1.82, 2.24) is 5.43 Å². The van der Waals surface area contributed by atoms with E-state index in [1.54, 1.807) is 30.3 Å². The first-order valence-electron chi connectivity index (χ1n) is 9.23. The lowest BCUT2D eigenvalue weighted by atomic mass is 10.2. The van der Waals surface area contributed by atoms with Crippen molar-refractivity contribution in [2.75, 3.05) is 14.2 Å². The standard InChI is InChI=1S/C23H20BrClN2O4/c1-29-20-9-8-17(24)12-18(20)23(28)27-26-13-16-10-19(25)22(21(11-16)30-2)31-14-15-6-4-3-5-7-15/h3-13H,14H2,1-2H3,(H,27,28)/b26-13-. The van der Waals surface area contributed by atoms with Crippen LogP contribution in [0.2, 0.25) is 5.02 Å². The van der Waals surface area contributed by atoms with E-state index in [2.05, 4.69) is 26.5 Å². The maximum Gasteiger partial charge on any atom is 0.275 e. The van der Waals surface area contributed by atoms with Crippen molar-refractivity contribution in [3.05, 3.63) is 86.8 Å². The van der Waals surface area contributed by atoms with Gasteiger partial charge in [0.2, 0.25) is 0 Å². The van der Waals surface area contributed by atoms with Gasteiger partial charge in [-0.25, -0.2) is 5.43 Å². The van der Waals surface area contributed by atoms with Crippen LogP contribution in [0.15, 0.2) is 70.2 Å². The molecule has 0 unspecified atom stereocenters. The van der Waals surface area contributed by atoms with E-state index in [4.69, 9.17) is 25.8 Å². The van der Waals surface area contributed by atoms with Crippen LogP contribution in [0.4, 0.5) is 0 Å². The van der Waals surface area contributed by atoms with Crippen LogP contribution < -0.4 is 19.6 Å². The summed E-state index contributed by atoms with van der Waals surface area (Å²) < 4.78 is 17.2. The first kappa shape index (κ1) is 22.7. The SMILES string of the molecule is COc1ccc(Br)cc1C(=O)N/N=C\c1cc(Cl)c(OCc2ccccc2)c(OC)c1. The van der Waals surface area contributed by atoms with Gasteiger partial charge in [0.05, 0.1) is 31.0 Å². The molecular weight excluding hydrogens is 484 g/mol. The van der Waals surface area contributed by atoms with E-state index in [1.807, 2.05) is 30.3 Å². The van der Waals surface area contributed by atoms with Gasteiger partial charge in [0.15, 0.2) is 11.5 Å². The highest BCUT2D eigenvalue weighted by Crippen LogP contribution is 2.36. The van der Waals surface area contributed by atoms with Crippen LogP contribution in [0, 0.1) is 0 Å². The van der Waals surface area contributed by atoms with Crippen molar-refractivity contribution in [3.63, 3.8) is 0 Å². The van der Waals surface area contributed by atoms with E-state index in [0.29, 0.717) is 40.0 Å². The number of nitrogens with one attached hydrogen (secondary N) is 1. The highest BCUT2D eigenvalue weighted by Gasteiger charge is 2.13. The quantitative estimate of drug-likeness (QED) is 0.327. The number of carbonyl (C=O) groups excluding carboxylic acids is 1. The first-order chi connectivity index (χ1) is 15.0. The van der Waals surface area contributed by atoms with E-state index >= 15 is 0 Å². The molecule has 31 heavy (non-hydrogen) atoms. The van der Waals surface area contributed by atoms with Gasteiger partial charge in [0.25, 0.3) is 5.91 Å². The van der Waals surface area contributed by atoms with Crippen LogP contribution in [0.3, 0.4) is 0 Å². The van der Waals surface area contributed by atoms with Crippen LogP contribution in [-0.2, 0) is 6.61 Å². The Bertz CT molecular complexity index is 1090. The molecule has 6 nitrogen and oxygen atoms in total. The highest BCUT2D eigenvalue weighted by molar-refractivity contribution is 9.10. The van der Waals surface area contributed by atoms with E-state index in [1.165, 1.54) is 20.4 Å². The molecule has 3 rings (SSSR count). The molecule has 3 aromatic rings. The molecule has 0 spiro atoms. The van der Waals surface area contributed by atoms with Crippen molar-refractivity contribution in [1.29, 1.82) is 0 Å². The maximum atomic E-state index is 12.4. The smallest absolute Gasteiger partial charge is 0.275 e. The van der Waals surface area contributed by atoms with Gasteiger partial charge in [-0.1, -0.05) is 57.9 Å². The minimum absolute atomic E-state index is 0.356. The number of nitrogens with zero attached hydrogens (tertiary/aromatic N) is 1. The number of benzene rings is 3. The number of halogens is 2. The van der Waals surface area contributed by atoms with Crippen LogP contribution in [0.1, 0.15) is 21.5 Å². The third-order valence-electron chi connectivity index (χ3n) is 4.26. The fourth-order valence-corrected chi connectivity index (χ4v) is 3.40. The minimum atomic E-state index is -0.407. The van der Waals surface area contributed by atoms with Crippen molar-refractivity contribution < 1.29 is 19.0 Å². The molecule has 0 heterocycles. The summed E-state index contributed by atoms with van der Waals surface area (Å²) >= 11 is 9.74. The summed E-state index contributed by atoms with van der Waals surface area (Å²) in [5, 5.41) is 4.38. The molecule has 1 N–H and O–H groups in total. The monoisotopic (exact) mass is 502 g/mol. The number of amides is 1. The average Bonchev–Trinajstić information content (AvgIpc) is 2.78. The number of hydrazone groups is 1. The Labute approximate surface area is 193 Å². The van der Waals surface area contributed by atoms with Gasteiger partial charge in [-0.05, 0) is 41.5 Å². The van der Waals surface area contributed by atoms with Gasteiger partial charge >= 0.3 is 0 Å². The summed E-state index contributed by atoms with van der Waals surface area (Å²) in [5.41, 5.74) is 4.48. The van der Waals surface area contributed by atoms with E-state index in [0.717, 1.165) is 10.0 Å². The summed E-state index contributed by atoms with van der Waals surface area (Å²) in [6, 6.07) is 18.3. The van der Waals surface area contributed by atoms with Gasteiger partial charge < -0.3 is 14.2 Å². The molecular formula is C23H20BrClN2O4. The van der Waals surface area contributed by atoms with Gasteiger partial charge in [0, 0.05) is 4.47 Å². The van der Waals surface area contributed by atoms with Crippen LogP contribution >= 0.6 is 27.5 Å². The predicted octanol–water partition coefficient (Wildman–Crippen LogP) is 5.46. The molecule has 3 aromatic carbocycles. The number of hydrogen-bond acceptors (Lipinski definition) is 5. The molecule has 0 aliphatic heterocycles. The van der Waals surface area contributed by atoms with Gasteiger partial charge in [-0.3, -0.25) is 4.79 Å². The number of rotatable bonds is 8. The zero-order chi connectivity index (χ0) is 22.2. The Morgan fingerprint density at radius 3 is 2.52 bits per heavy atom. The van der Waals surface area contributed by atoms with Gasteiger partial charge in [-0.15, -0.1) is 0 Å². The van der Waals surface area contributed by atoms with Gasteiger partial charge in [-0.2, -0.15) is 5.10 Å². The molecule has 0 atom stereocenters. The first-order valence-corrected chi connectivity index (χ1v) is 10.4. The normalized spacial score (nSPS) is 10.7. The van der Waals surface area contributed by atoms with E-state index < -0.39 is 5.91 Å². The minimum Gasteiger partial charge on any atom is -0.496 e. The summed E-state index contributed by atoms with van der Waals surface area (Å²) in [6.07, 6.45) is 1.47. The third-order valence-corrected chi connectivity index (χ3v) is 5.04. The molecule has 0 aliphatic carbocycles. The molecule has 1 amide bonds. The molecule has 0 aromatic heterocycles. The molecule has 160 valence electrons. The van der Waals surface area contributed by atoms with Crippen LogP contribution in [0.25, 0.3) is 0 Å². The summed E-state index contributed by atoms with van der Waals surface area (Å²) in [5.74, 6) is 0.939. The number of hydrogen-bond donors (Lipinski definition) is 1. The maximum absolute atomic E-state index is 12.4. The van der Waals surface area contributed by atoms with Crippen molar-refractivity contribution in [3.8, 4) is 17.2 Å². The zero-order valence-electron chi connectivity index (χ0n) is 16.9. The molecule has 0 aliphatic rings. The fraction of sp³-hybridized carbons (Fsp3) is 0.130. The van der Waals surface area contributed by atoms with E-state index in [-0.39, 0.29) is 0 Å². The van der Waals surface area contributed by atoms with Crippen LogP contribution in [0.5, 0.6) is 17.2 Å². The van der Waals surface area contributed by atoms with Crippen molar-refractivity contribution >= 4 is 39.7 Å². The Morgan fingerprint density at radius 1 is 1.06 bits per heavy atom. The molecule has 0 fully saturated rings. The summed E-state index contributed by atoms with van der Waals surface area (Å²) in [4.78, 5) is 12.4. The Kier molecular flexibility index (Phi) is 7.92. The Morgan fingerprint density at radius 2 is 1.81 bits per heavy atom. The fourth-order valence-electron chi connectivity index (χ4n) is 2.77. The lowest BCUT2D eigenvalue weighted by Gasteiger charge is -2.13. The lowest BCUT2D eigenvalue weighted by Crippen LogP contribution is -2.18. The molecule has 8 heteroatoms. The summed E-state index contributed by atoms with van der Waals surface area (Å²) in [6.45, 7) is 0.356. The number of ether oxygens (including phenoxy) is 3. The van der Waals surface area contributed by atoms with Gasteiger partial charge in [0.1, 0.15) is 12.4 Å². The highest BCUT2D eigenvalue weighted by atomic mass is 79.9. The van der Waals surface area contributed by atoms with Crippen molar-refractivity contribution in [2.45, 2.75) is 6.61 Å². The van der Waals surface area contributed by atoms with Crippen LogP contribution in [-0.4, -0.2) is 26.3 Å². The largest absolute Gasteiger partial charge is 0.496 e. The topological polar surface area (TPSA) is 69.2 Å². The van der Waals surface area contributed by atoms with Crippen molar-refractivity contribution in [2.24, 2.45) is 5.10 Å². The molecule has 0 saturated heterocycles. The second-order valence-electron chi connectivity index (χ2n) is 6.35. The number of methoxy groups -OCH3 is 2.